The lowest BCUT2D eigenvalue weighted by atomic mass is 10.2. The predicted octanol–water partition coefficient (Wildman–Crippen LogP) is 4.35. The molecule has 0 aliphatic heterocycles. The monoisotopic (exact) mass is 431 g/mol. The first-order valence-electron chi connectivity index (χ1n) is 8.29. The van der Waals surface area contributed by atoms with Crippen molar-refractivity contribution in [1.82, 2.24) is 5.43 Å². The molecule has 0 aliphatic carbocycles. The number of carbonyl (C=O) groups excluding carboxylic acids is 2. The maximum Gasteiger partial charge on any atom is 0.329 e. The molecule has 3 aromatic rings. The molecular formula is C20H15Cl2N3O4. The molecule has 0 radical (unpaired) electrons. The molecule has 148 valence electrons. The third kappa shape index (κ3) is 5.60. The van der Waals surface area contributed by atoms with Crippen LogP contribution in [0.3, 0.4) is 0 Å². The zero-order valence-electron chi connectivity index (χ0n) is 15.1. The highest BCUT2D eigenvalue weighted by Gasteiger charge is 2.13. The van der Waals surface area contributed by atoms with Gasteiger partial charge in [-0.25, -0.2) is 5.43 Å². The van der Waals surface area contributed by atoms with Crippen molar-refractivity contribution in [3.63, 3.8) is 0 Å². The van der Waals surface area contributed by atoms with Crippen LogP contribution in [0.25, 0.3) is 11.3 Å². The topological polar surface area (TPSA) is 92.9 Å². The number of methoxy groups -OCH3 is 1. The van der Waals surface area contributed by atoms with Crippen LogP contribution in [0.1, 0.15) is 5.76 Å². The number of benzene rings is 2. The number of hydrogen-bond acceptors (Lipinski definition) is 5. The Kier molecular flexibility index (Phi) is 6.54. The zero-order chi connectivity index (χ0) is 20.8. The second-order valence-electron chi connectivity index (χ2n) is 5.74. The van der Waals surface area contributed by atoms with E-state index in [0.29, 0.717) is 38.6 Å². The van der Waals surface area contributed by atoms with E-state index in [2.05, 4.69) is 15.8 Å². The van der Waals surface area contributed by atoms with Crippen LogP contribution in [-0.2, 0) is 9.59 Å². The van der Waals surface area contributed by atoms with Crippen LogP contribution in [0.4, 0.5) is 5.69 Å². The largest absolute Gasteiger partial charge is 0.497 e. The van der Waals surface area contributed by atoms with Crippen molar-refractivity contribution in [2.24, 2.45) is 5.10 Å². The minimum absolute atomic E-state index is 0.368. The van der Waals surface area contributed by atoms with Gasteiger partial charge in [-0.3, -0.25) is 9.59 Å². The second kappa shape index (κ2) is 9.27. The summed E-state index contributed by atoms with van der Waals surface area (Å²) >= 11 is 12.0. The van der Waals surface area contributed by atoms with Crippen LogP contribution in [0.5, 0.6) is 5.75 Å². The van der Waals surface area contributed by atoms with E-state index in [9.17, 15) is 9.59 Å². The van der Waals surface area contributed by atoms with Crippen LogP contribution < -0.4 is 15.5 Å². The van der Waals surface area contributed by atoms with Gasteiger partial charge in [-0.05, 0) is 54.6 Å². The van der Waals surface area contributed by atoms with Crippen molar-refractivity contribution in [1.29, 1.82) is 0 Å². The van der Waals surface area contributed by atoms with Gasteiger partial charge in [0.25, 0.3) is 0 Å². The molecule has 29 heavy (non-hydrogen) atoms. The smallest absolute Gasteiger partial charge is 0.329 e. The Morgan fingerprint density at radius 2 is 1.69 bits per heavy atom. The molecule has 2 amide bonds. The Morgan fingerprint density at radius 1 is 1.00 bits per heavy atom. The first-order chi connectivity index (χ1) is 13.9. The van der Waals surface area contributed by atoms with Crippen LogP contribution in [0, 0.1) is 0 Å². The lowest BCUT2D eigenvalue weighted by Crippen LogP contribution is -2.32. The van der Waals surface area contributed by atoms with E-state index in [0.717, 1.165) is 0 Å². The maximum absolute atomic E-state index is 11.9. The van der Waals surface area contributed by atoms with Crippen LogP contribution in [-0.4, -0.2) is 25.1 Å². The molecule has 0 aliphatic rings. The number of hydrazone groups is 1. The van der Waals surface area contributed by atoms with Crippen LogP contribution in [0.2, 0.25) is 10.0 Å². The summed E-state index contributed by atoms with van der Waals surface area (Å²) in [6.45, 7) is 0. The summed E-state index contributed by atoms with van der Waals surface area (Å²) in [5.74, 6) is -0.257. The van der Waals surface area contributed by atoms with E-state index < -0.39 is 11.8 Å². The molecule has 0 saturated carbocycles. The summed E-state index contributed by atoms with van der Waals surface area (Å²) in [5, 5.41) is 7.13. The van der Waals surface area contributed by atoms with Crippen LogP contribution >= 0.6 is 23.2 Å². The van der Waals surface area contributed by atoms with Gasteiger partial charge in [0, 0.05) is 21.3 Å². The molecule has 3 rings (SSSR count). The number of nitrogens with zero attached hydrogens (tertiary/aromatic N) is 1. The summed E-state index contributed by atoms with van der Waals surface area (Å²) in [5.41, 5.74) is 3.28. The minimum atomic E-state index is -0.925. The Hall–Kier alpha value is -3.29. The average molecular weight is 432 g/mol. The van der Waals surface area contributed by atoms with Gasteiger partial charge < -0.3 is 14.5 Å². The summed E-state index contributed by atoms with van der Waals surface area (Å²) < 4.78 is 10.6. The van der Waals surface area contributed by atoms with Gasteiger partial charge in [-0.1, -0.05) is 23.2 Å². The SMILES string of the molecule is COc1ccc(NC(=O)C(=O)N/N=C/c2ccc(-c3cc(Cl)cc(Cl)c3)o2)cc1. The number of furan rings is 1. The average Bonchev–Trinajstić information content (AvgIpc) is 3.16. The number of nitrogens with one attached hydrogen (secondary N) is 2. The highest BCUT2D eigenvalue weighted by Crippen LogP contribution is 2.28. The third-order valence-electron chi connectivity index (χ3n) is 3.69. The molecule has 7 nitrogen and oxygen atoms in total. The van der Waals surface area contributed by atoms with E-state index in [1.54, 1.807) is 54.6 Å². The highest BCUT2D eigenvalue weighted by molar-refractivity contribution is 6.39. The first kappa shape index (κ1) is 20.4. The third-order valence-corrected chi connectivity index (χ3v) is 4.12. The molecule has 0 unspecified atom stereocenters. The molecule has 0 atom stereocenters. The number of amides is 2. The molecule has 0 fully saturated rings. The number of ether oxygens (including phenoxy) is 1. The highest BCUT2D eigenvalue weighted by atomic mass is 35.5. The summed E-state index contributed by atoms with van der Waals surface area (Å²) in [4.78, 5) is 23.7. The van der Waals surface area contributed by atoms with Gasteiger partial charge >= 0.3 is 11.8 Å². The van der Waals surface area contributed by atoms with Gasteiger partial charge in [-0.2, -0.15) is 5.10 Å². The molecular weight excluding hydrogens is 417 g/mol. The zero-order valence-corrected chi connectivity index (χ0v) is 16.6. The van der Waals surface area contributed by atoms with Gasteiger partial charge in [0.05, 0.1) is 13.3 Å². The van der Waals surface area contributed by atoms with Gasteiger partial charge in [-0.15, -0.1) is 0 Å². The number of hydrogen-bond donors (Lipinski definition) is 2. The number of halogens is 2. The molecule has 2 N–H and O–H groups in total. The molecule has 0 saturated heterocycles. The van der Waals surface area contributed by atoms with E-state index >= 15 is 0 Å². The quantitative estimate of drug-likeness (QED) is 0.356. The molecule has 2 aromatic carbocycles. The fraction of sp³-hybridized carbons (Fsp3) is 0.0500. The van der Waals surface area contributed by atoms with E-state index in [-0.39, 0.29) is 0 Å². The fourth-order valence-electron chi connectivity index (χ4n) is 2.34. The molecule has 9 heteroatoms. The summed E-state index contributed by atoms with van der Waals surface area (Å²) in [6.07, 6.45) is 1.27. The molecule has 0 bridgehead atoms. The number of rotatable bonds is 5. The fourth-order valence-corrected chi connectivity index (χ4v) is 2.87. The molecule has 1 aromatic heterocycles. The normalized spacial score (nSPS) is 10.7. The Morgan fingerprint density at radius 3 is 2.34 bits per heavy atom. The van der Waals surface area contributed by atoms with E-state index in [4.69, 9.17) is 32.4 Å². The van der Waals surface area contributed by atoms with Gasteiger partial charge in [0.1, 0.15) is 17.3 Å². The summed E-state index contributed by atoms with van der Waals surface area (Å²) in [7, 11) is 1.53. The predicted molar refractivity (Wildman–Crippen MR) is 112 cm³/mol. The maximum atomic E-state index is 11.9. The van der Waals surface area contributed by atoms with Crippen molar-refractivity contribution in [2.45, 2.75) is 0 Å². The standard InChI is InChI=1S/C20H15Cl2N3O4/c1-28-16-4-2-15(3-5-16)24-19(26)20(27)25-23-11-17-6-7-18(29-17)12-8-13(21)10-14(22)9-12/h2-11H,1H3,(H,24,26)(H,25,27)/b23-11+. The lowest BCUT2D eigenvalue weighted by Gasteiger charge is -2.05. The van der Waals surface area contributed by atoms with Crippen molar-refractivity contribution in [3.8, 4) is 17.1 Å². The van der Waals surface area contributed by atoms with E-state index in [1.807, 2.05) is 0 Å². The van der Waals surface area contributed by atoms with Gasteiger partial charge in [0.15, 0.2) is 0 Å². The first-order valence-corrected chi connectivity index (χ1v) is 9.05. The number of carbonyl (C=O) groups is 2. The lowest BCUT2D eigenvalue weighted by molar-refractivity contribution is -0.136. The van der Waals surface area contributed by atoms with Crippen LogP contribution in [0.15, 0.2) is 64.1 Å². The van der Waals surface area contributed by atoms with Crippen molar-refractivity contribution >= 4 is 46.9 Å². The molecule has 1 heterocycles. The molecule has 0 spiro atoms. The second-order valence-corrected chi connectivity index (χ2v) is 6.61. The summed E-state index contributed by atoms with van der Waals surface area (Å²) in [6, 6.07) is 14.9. The van der Waals surface area contributed by atoms with Crippen molar-refractivity contribution < 1.29 is 18.7 Å². The Balaban J connectivity index is 1.57. The van der Waals surface area contributed by atoms with E-state index in [1.165, 1.54) is 13.3 Å². The van der Waals surface area contributed by atoms with Crippen molar-refractivity contribution in [2.75, 3.05) is 12.4 Å². The Bertz CT molecular complexity index is 1040. The number of anilines is 1. The minimum Gasteiger partial charge on any atom is -0.497 e. The Labute approximate surface area is 176 Å². The van der Waals surface area contributed by atoms with Crippen molar-refractivity contribution in [3.05, 3.63) is 70.4 Å². The van der Waals surface area contributed by atoms with Gasteiger partial charge in [0.2, 0.25) is 0 Å².